The summed E-state index contributed by atoms with van der Waals surface area (Å²) in [5.41, 5.74) is 1.58. The molecule has 2 aromatic carbocycles. The van der Waals surface area contributed by atoms with E-state index in [-0.39, 0.29) is 30.6 Å². The van der Waals surface area contributed by atoms with Gasteiger partial charge >= 0.3 is 0 Å². The summed E-state index contributed by atoms with van der Waals surface area (Å²) in [5.74, 6) is 0.836. The maximum Gasteiger partial charge on any atom is 0.220 e. The van der Waals surface area contributed by atoms with Crippen LogP contribution in [0.25, 0.3) is 0 Å². The lowest BCUT2D eigenvalue weighted by atomic mass is 10.1. The average Bonchev–Trinajstić information content (AvgIpc) is 2.71. The van der Waals surface area contributed by atoms with Gasteiger partial charge in [0.2, 0.25) is 11.7 Å². The first-order valence-corrected chi connectivity index (χ1v) is 8.72. The van der Waals surface area contributed by atoms with Gasteiger partial charge in [-0.25, -0.2) is 0 Å². The Balaban J connectivity index is 0.00000392. The first-order valence-electron chi connectivity index (χ1n) is 8.72. The molecule has 0 heterocycles. The number of ether oxygens (including phenoxy) is 3. The topological polar surface area (TPSA) is 73.9 Å². The van der Waals surface area contributed by atoms with Crippen molar-refractivity contribution in [1.29, 1.82) is 0 Å². The van der Waals surface area contributed by atoms with Crippen molar-refractivity contribution in [1.82, 2.24) is 5.32 Å². The maximum absolute atomic E-state index is 12.4. The summed E-state index contributed by atoms with van der Waals surface area (Å²) < 4.78 is 15.7. The number of hydrogen-bond donors (Lipinski definition) is 1. The van der Waals surface area contributed by atoms with E-state index in [0.717, 1.165) is 12.8 Å². The summed E-state index contributed by atoms with van der Waals surface area (Å²) in [5, 5.41) is 2.67. The Hall–Kier alpha value is -2.73. The first kappa shape index (κ1) is 23.3. The van der Waals surface area contributed by atoms with Gasteiger partial charge in [-0.2, -0.15) is 0 Å². The summed E-state index contributed by atoms with van der Waals surface area (Å²) in [6, 6.07) is 13.1. The Morgan fingerprint density at radius 1 is 0.929 bits per heavy atom. The van der Waals surface area contributed by atoms with Gasteiger partial charge in [-0.15, -0.1) is 12.4 Å². The lowest BCUT2D eigenvalue weighted by Gasteiger charge is -2.14. The molecule has 0 unspecified atom stereocenters. The van der Waals surface area contributed by atoms with Gasteiger partial charge in [0.1, 0.15) is 0 Å². The van der Waals surface area contributed by atoms with Crippen molar-refractivity contribution in [2.75, 3.05) is 27.9 Å². The van der Waals surface area contributed by atoms with Crippen LogP contribution in [0.3, 0.4) is 0 Å². The highest BCUT2D eigenvalue weighted by Crippen LogP contribution is 2.38. The van der Waals surface area contributed by atoms with E-state index in [1.165, 1.54) is 26.9 Å². The highest BCUT2D eigenvalue weighted by molar-refractivity contribution is 6.00. The van der Waals surface area contributed by atoms with Crippen LogP contribution in [-0.4, -0.2) is 39.6 Å². The lowest BCUT2D eigenvalue weighted by molar-refractivity contribution is -0.121. The van der Waals surface area contributed by atoms with Gasteiger partial charge in [-0.05, 0) is 30.5 Å². The van der Waals surface area contributed by atoms with Gasteiger partial charge in [0.25, 0.3) is 0 Å². The molecule has 1 N–H and O–H groups in total. The number of Topliss-reactive ketones (excluding diaryl/α,β-unsaturated/α-hetero) is 1. The molecule has 152 valence electrons. The van der Waals surface area contributed by atoms with Crippen LogP contribution >= 0.6 is 12.4 Å². The second-order valence-corrected chi connectivity index (χ2v) is 5.95. The minimum Gasteiger partial charge on any atom is -0.493 e. The number of halogens is 1. The van der Waals surface area contributed by atoms with E-state index in [0.29, 0.717) is 29.2 Å². The van der Waals surface area contributed by atoms with E-state index in [1.807, 2.05) is 30.3 Å². The fraction of sp³-hybridized carbons (Fsp3) is 0.333. The molecule has 0 fully saturated rings. The third kappa shape index (κ3) is 6.46. The molecule has 0 atom stereocenters. The SMILES string of the molecule is COc1cc(C(=O)CNC(=O)CCCc2ccccc2)cc(OC)c1OC.Cl. The molecular weight excluding hydrogens is 382 g/mol. The molecule has 6 nitrogen and oxygen atoms in total. The van der Waals surface area contributed by atoms with Crippen LogP contribution in [0.5, 0.6) is 17.2 Å². The number of nitrogens with one attached hydrogen (secondary N) is 1. The largest absolute Gasteiger partial charge is 0.493 e. The predicted molar refractivity (Wildman–Crippen MR) is 110 cm³/mol. The van der Waals surface area contributed by atoms with Crippen molar-refractivity contribution >= 4 is 24.1 Å². The van der Waals surface area contributed by atoms with Crippen LogP contribution in [0.1, 0.15) is 28.8 Å². The molecule has 1 amide bonds. The normalized spacial score (nSPS) is 9.82. The third-order valence-electron chi connectivity index (χ3n) is 4.14. The van der Waals surface area contributed by atoms with Crippen molar-refractivity contribution in [3.8, 4) is 17.2 Å². The minimum atomic E-state index is -0.231. The molecule has 2 rings (SSSR count). The number of rotatable bonds is 10. The number of ketones is 1. The summed E-state index contributed by atoms with van der Waals surface area (Å²) in [4.78, 5) is 24.4. The maximum atomic E-state index is 12.4. The second-order valence-electron chi connectivity index (χ2n) is 5.95. The molecule has 7 heteroatoms. The molecule has 0 aliphatic heterocycles. The van der Waals surface area contributed by atoms with Crippen molar-refractivity contribution in [2.45, 2.75) is 19.3 Å². The molecule has 28 heavy (non-hydrogen) atoms. The van der Waals surface area contributed by atoms with Crippen LogP contribution in [0, 0.1) is 0 Å². The predicted octanol–water partition coefficient (Wildman–Crippen LogP) is 3.46. The second kappa shape index (κ2) is 11.9. The van der Waals surface area contributed by atoms with Gasteiger partial charge in [-0.3, -0.25) is 9.59 Å². The molecule has 0 saturated carbocycles. The molecule has 0 aliphatic rings. The highest BCUT2D eigenvalue weighted by Gasteiger charge is 2.17. The molecule has 0 spiro atoms. The van der Waals surface area contributed by atoms with Crippen molar-refractivity contribution in [2.24, 2.45) is 0 Å². The quantitative estimate of drug-likeness (QED) is 0.610. The van der Waals surface area contributed by atoms with E-state index in [9.17, 15) is 9.59 Å². The summed E-state index contributed by atoms with van der Waals surface area (Å²) in [7, 11) is 4.47. The first-order chi connectivity index (χ1) is 13.1. The number of amides is 1. The third-order valence-corrected chi connectivity index (χ3v) is 4.14. The Morgan fingerprint density at radius 2 is 1.54 bits per heavy atom. The van der Waals surface area contributed by atoms with E-state index in [1.54, 1.807) is 12.1 Å². The van der Waals surface area contributed by atoms with Gasteiger partial charge < -0.3 is 19.5 Å². The molecule has 2 aromatic rings. The lowest BCUT2D eigenvalue weighted by Crippen LogP contribution is -2.29. The fourth-order valence-electron chi connectivity index (χ4n) is 2.71. The van der Waals surface area contributed by atoms with Crippen molar-refractivity contribution < 1.29 is 23.8 Å². The van der Waals surface area contributed by atoms with Crippen molar-refractivity contribution in [3.63, 3.8) is 0 Å². The van der Waals surface area contributed by atoms with E-state index in [2.05, 4.69) is 5.32 Å². The van der Waals surface area contributed by atoms with E-state index >= 15 is 0 Å². The zero-order chi connectivity index (χ0) is 19.6. The van der Waals surface area contributed by atoms with E-state index in [4.69, 9.17) is 14.2 Å². The molecule has 0 aliphatic carbocycles. The van der Waals surface area contributed by atoms with E-state index < -0.39 is 0 Å². The summed E-state index contributed by atoms with van der Waals surface area (Å²) in [6.07, 6.45) is 1.93. The molecular formula is C21H26ClNO5. The zero-order valence-corrected chi connectivity index (χ0v) is 17.1. The number of hydrogen-bond acceptors (Lipinski definition) is 5. The standard InChI is InChI=1S/C21H25NO5.ClH/c1-25-18-12-16(13-19(26-2)21(18)27-3)17(23)14-22-20(24)11-7-10-15-8-5-4-6-9-15;/h4-6,8-9,12-13H,7,10-11,14H2,1-3H3,(H,22,24);1H. The Labute approximate surface area is 171 Å². The monoisotopic (exact) mass is 407 g/mol. The summed E-state index contributed by atoms with van der Waals surface area (Å²) >= 11 is 0. The average molecular weight is 408 g/mol. The van der Waals surface area contributed by atoms with Gasteiger partial charge in [0, 0.05) is 12.0 Å². The Kier molecular flexibility index (Phi) is 9.88. The molecule has 0 aromatic heterocycles. The smallest absolute Gasteiger partial charge is 0.220 e. The number of benzene rings is 2. The van der Waals surface area contributed by atoms with Gasteiger partial charge in [0.15, 0.2) is 17.3 Å². The van der Waals surface area contributed by atoms with Crippen LogP contribution in [0.2, 0.25) is 0 Å². The minimum absolute atomic E-state index is 0. The number of aryl methyl sites for hydroxylation is 1. The fourth-order valence-corrected chi connectivity index (χ4v) is 2.71. The molecule has 0 bridgehead atoms. The van der Waals surface area contributed by atoms with Crippen LogP contribution in [0.15, 0.2) is 42.5 Å². The summed E-state index contributed by atoms with van der Waals surface area (Å²) in [6.45, 7) is -0.0805. The van der Waals surface area contributed by atoms with Gasteiger partial charge in [0.05, 0.1) is 27.9 Å². The Bertz CT molecular complexity index is 755. The van der Waals surface area contributed by atoms with Crippen molar-refractivity contribution in [3.05, 3.63) is 53.6 Å². The van der Waals surface area contributed by atoms with Crippen LogP contribution < -0.4 is 19.5 Å². The molecule has 0 saturated heterocycles. The zero-order valence-electron chi connectivity index (χ0n) is 16.3. The van der Waals surface area contributed by atoms with Crippen LogP contribution in [-0.2, 0) is 11.2 Å². The highest BCUT2D eigenvalue weighted by atomic mass is 35.5. The Morgan fingerprint density at radius 3 is 2.07 bits per heavy atom. The molecule has 0 radical (unpaired) electrons. The van der Waals surface area contributed by atoms with Crippen LogP contribution in [0.4, 0.5) is 0 Å². The number of carbonyl (C=O) groups excluding carboxylic acids is 2. The number of methoxy groups -OCH3 is 3. The number of carbonyl (C=O) groups is 2. The van der Waals surface area contributed by atoms with Gasteiger partial charge in [-0.1, -0.05) is 30.3 Å².